The topological polar surface area (TPSA) is 72.9 Å². The van der Waals surface area contributed by atoms with Gasteiger partial charge in [-0.05, 0) is 25.1 Å². The van der Waals surface area contributed by atoms with Gasteiger partial charge in [-0.2, -0.15) is 0 Å². The summed E-state index contributed by atoms with van der Waals surface area (Å²) in [5.41, 5.74) is 7.44. The van der Waals surface area contributed by atoms with Gasteiger partial charge in [0.1, 0.15) is 6.54 Å². The van der Waals surface area contributed by atoms with E-state index in [9.17, 15) is 4.79 Å². The Bertz CT molecular complexity index is 564. The number of carbonyl (C=O) groups is 1. The Morgan fingerprint density at radius 3 is 3.06 bits per heavy atom. The van der Waals surface area contributed by atoms with Gasteiger partial charge in [-0.25, -0.2) is 4.98 Å². The minimum absolute atomic E-state index is 0.0709. The van der Waals surface area contributed by atoms with E-state index in [-0.39, 0.29) is 12.5 Å². The van der Waals surface area contributed by atoms with Gasteiger partial charge < -0.3 is 15.6 Å². The third kappa shape index (κ3) is 2.41. The number of hydrogen-bond donors (Lipinski definition) is 2. The highest BCUT2D eigenvalue weighted by atomic mass is 79.9. The molecule has 0 unspecified atom stereocenters. The van der Waals surface area contributed by atoms with Gasteiger partial charge in [0.15, 0.2) is 0 Å². The number of nitrogens with one attached hydrogen (secondary N) is 1. The standard InChI is InChI=1S/C11H13BrN4O/c1-2-14-10(17)6-16-9-5-7(12)3-4-8(9)15-11(16)13/h3-5H,2,6H2,1H3,(H2,13,15)(H,14,17). The van der Waals surface area contributed by atoms with Crippen molar-refractivity contribution in [2.75, 3.05) is 12.3 Å². The highest BCUT2D eigenvalue weighted by Crippen LogP contribution is 2.21. The van der Waals surface area contributed by atoms with E-state index in [0.717, 1.165) is 15.5 Å². The summed E-state index contributed by atoms with van der Waals surface area (Å²) in [6.45, 7) is 2.67. The number of nitrogen functional groups attached to an aromatic ring is 1. The van der Waals surface area contributed by atoms with E-state index in [1.807, 2.05) is 25.1 Å². The second-order valence-electron chi connectivity index (χ2n) is 3.64. The molecule has 3 N–H and O–H groups in total. The fourth-order valence-electron chi connectivity index (χ4n) is 1.68. The summed E-state index contributed by atoms with van der Waals surface area (Å²) < 4.78 is 2.63. The molecular weight excluding hydrogens is 284 g/mol. The average molecular weight is 297 g/mol. The summed E-state index contributed by atoms with van der Waals surface area (Å²) in [4.78, 5) is 15.8. The van der Waals surface area contributed by atoms with Crippen molar-refractivity contribution in [3.05, 3.63) is 22.7 Å². The van der Waals surface area contributed by atoms with Crippen LogP contribution in [0.15, 0.2) is 22.7 Å². The number of nitrogens with zero attached hydrogens (tertiary/aromatic N) is 2. The first kappa shape index (κ1) is 11.9. The molecule has 0 aliphatic rings. The van der Waals surface area contributed by atoms with Crippen LogP contribution in [-0.4, -0.2) is 22.0 Å². The quantitative estimate of drug-likeness (QED) is 0.902. The van der Waals surface area contributed by atoms with Crippen LogP contribution in [0.3, 0.4) is 0 Å². The van der Waals surface area contributed by atoms with E-state index >= 15 is 0 Å². The van der Waals surface area contributed by atoms with E-state index in [1.165, 1.54) is 0 Å². The molecule has 0 radical (unpaired) electrons. The van der Waals surface area contributed by atoms with Crippen LogP contribution >= 0.6 is 15.9 Å². The van der Waals surface area contributed by atoms with Crippen LogP contribution in [0.1, 0.15) is 6.92 Å². The van der Waals surface area contributed by atoms with Crippen LogP contribution < -0.4 is 11.1 Å². The molecule has 1 heterocycles. The molecule has 1 aromatic heterocycles. The number of fused-ring (bicyclic) bond motifs is 1. The van der Waals surface area contributed by atoms with Gasteiger partial charge in [-0.1, -0.05) is 15.9 Å². The zero-order valence-corrected chi connectivity index (χ0v) is 11.0. The third-order valence-electron chi connectivity index (χ3n) is 2.42. The summed E-state index contributed by atoms with van der Waals surface area (Å²) in [6.07, 6.45) is 0. The van der Waals surface area contributed by atoms with Crippen LogP contribution in [0.25, 0.3) is 11.0 Å². The number of aromatic nitrogens is 2. The molecule has 0 saturated carbocycles. The fourth-order valence-corrected chi connectivity index (χ4v) is 2.03. The minimum atomic E-state index is -0.0709. The first-order chi connectivity index (χ1) is 8.11. The summed E-state index contributed by atoms with van der Waals surface area (Å²) in [5.74, 6) is 0.280. The maximum absolute atomic E-state index is 11.6. The number of benzene rings is 1. The number of halogens is 1. The van der Waals surface area contributed by atoms with Crippen molar-refractivity contribution in [2.24, 2.45) is 0 Å². The molecule has 90 valence electrons. The van der Waals surface area contributed by atoms with E-state index in [0.29, 0.717) is 12.5 Å². The molecule has 17 heavy (non-hydrogen) atoms. The second-order valence-corrected chi connectivity index (χ2v) is 4.56. The maximum atomic E-state index is 11.6. The summed E-state index contributed by atoms with van der Waals surface area (Å²) >= 11 is 3.39. The summed E-state index contributed by atoms with van der Waals surface area (Å²) in [5, 5.41) is 2.74. The predicted molar refractivity (Wildman–Crippen MR) is 70.5 cm³/mol. The van der Waals surface area contributed by atoms with Crippen LogP contribution in [0.2, 0.25) is 0 Å². The Balaban J connectivity index is 2.41. The Kier molecular flexibility index (Phi) is 3.33. The lowest BCUT2D eigenvalue weighted by molar-refractivity contribution is -0.121. The minimum Gasteiger partial charge on any atom is -0.369 e. The number of rotatable bonds is 3. The van der Waals surface area contributed by atoms with E-state index in [1.54, 1.807) is 4.57 Å². The normalized spacial score (nSPS) is 10.7. The number of likely N-dealkylation sites (N-methyl/N-ethyl adjacent to an activating group) is 1. The number of carbonyl (C=O) groups excluding carboxylic acids is 1. The van der Waals surface area contributed by atoms with Gasteiger partial charge in [0.2, 0.25) is 11.9 Å². The van der Waals surface area contributed by atoms with E-state index in [4.69, 9.17) is 5.73 Å². The van der Waals surface area contributed by atoms with Gasteiger partial charge in [-0.15, -0.1) is 0 Å². The first-order valence-electron chi connectivity index (χ1n) is 5.29. The molecule has 0 fully saturated rings. The van der Waals surface area contributed by atoms with Crippen molar-refractivity contribution in [3.63, 3.8) is 0 Å². The molecule has 0 bridgehead atoms. The monoisotopic (exact) mass is 296 g/mol. The summed E-state index contributed by atoms with van der Waals surface area (Å²) in [6, 6.07) is 5.66. The highest BCUT2D eigenvalue weighted by Gasteiger charge is 2.11. The molecule has 5 nitrogen and oxygen atoms in total. The Hall–Kier alpha value is -1.56. The third-order valence-corrected chi connectivity index (χ3v) is 2.91. The maximum Gasteiger partial charge on any atom is 0.240 e. The zero-order chi connectivity index (χ0) is 12.4. The fraction of sp³-hybridized carbons (Fsp3) is 0.273. The van der Waals surface area contributed by atoms with Gasteiger partial charge >= 0.3 is 0 Å². The van der Waals surface area contributed by atoms with Crippen LogP contribution in [-0.2, 0) is 11.3 Å². The van der Waals surface area contributed by atoms with Crippen molar-refractivity contribution in [1.82, 2.24) is 14.9 Å². The lowest BCUT2D eigenvalue weighted by atomic mass is 10.3. The molecule has 1 aromatic carbocycles. The molecule has 0 spiro atoms. The lowest BCUT2D eigenvalue weighted by Gasteiger charge is -2.06. The zero-order valence-electron chi connectivity index (χ0n) is 9.40. The van der Waals surface area contributed by atoms with Crippen LogP contribution in [0.5, 0.6) is 0 Å². The molecule has 0 aliphatic carbocycles. The second kappa shape index (κ2) is 4.75. The number of nitrogens with two attached hydrogens (primary N) is 1. The van der Waals surface area contributed by atoms with E-state index in [2.05, 4.69) is 26.2 Å². The van der Waals surface area contributed by atoms with Gasteiger partial charge in [0.05, 0.1) is 11.0 Å². The molecule has 0 aliphatic heterocycles. The van der Waals surface area contributed by atoms with Crippen molar-refractivity contribution in [1.29, 1.82) is 0 Å². The smallest absolute Gasteiger partial charge is 0.240 e. The molecule has 0 saturated heterocycles. The van der Waals surface area contributed by atoms with Crippen LogP contribution in [0, 0.1) is 0 Å². The highest BCUT2D eigenvalue weighted by molar-refractivity contribution is 9.10. The number of imidazole rings is 1. The SMILES string of the molecule is CCNC(=O)Cn1c(N)nc2ccc(Br)cc21. The molecule has 2 aromatic rings. The number of amides is 1. The number of hydrogen-bond acceptors (Lipinski definition) is 3. The van der Waals surface area contributed by atoms with E-state index < -0.39 is 0 Å². The molecule has 2 rings (SSSR count). The molecule has 0 atom stereocenters. The first-order valence-corrected chi connectivity index (χ1v) is 6.09. The van der Waals surface area contributed by atoms with Crippen molar-refractivity contribution < 1.29 is 4.79 Å². The molecular formula is C11H13BrN4O. The van der Waals surface area contributed by atoms with Crippen molar-refractivity contribution >= 4 is 38.8 Å². The van der Waals surface area contributed by atoms with Crippen molar-refractivity contribution in [3.8, 4) is 0 Å². The largest absolute Gasteiger partial charge is 0.369 e. The molecule has 6 heteroatoms. The Labute approximate surface area is 107 Å². The average Bonchev–Trinajstić information content (AvgIpc) is 2.56. The lowest BCUT2D eigenvalue weighted by Crippen LogP contribution is -2.27. The predicted octanol–water partition coefficient (Wildman–Crippen LogP) is 1.52. The Morgan fingerprint density at radius 2 is 2.35 bits per heavy atom. The van der Waals surface area contributed by atoms with Crippen LogP contribution in [0.4, 0.5) is 5.95 Å². The van der Waals surface area contributed by atoms with Gasteiger partial charge in [-0.3, -0.25) is 4.79 Å². The summed E-state index contributed by atoms with van der Waals surface area (Å²) in [7, 11) is 0. The van der Waals surface area contributed by atoms with Gasteiger partial charge in [0, 0.05) is 11.0 Å². The Morgan fingerprint density at radius 1 is 1.59 bits per heavy atom. The molecule has 1 amide bonds. The number of anilines is 1. The van der Waals surface area contributed by atoms with Gasteiger partial charge in [0.25, 0.3) is 0 Å². The van der Waals surface area contributed by atoms with Crippen molar-refractivity contribution in [2.45, 2.75) is 13.5 Å².